The van der Waals surface area contributed by atoms with Crippen molar-refractivity contribution in [2.24, 2.45) is 5.92 Å². The molecule has 0 fully saturated rings. The number of halogens is 2. The summed E-state index contributed by atoms with van der Waals surface area (Å²) in [6.07, 6.45) is 15.9. The molecule has 2 aliphatic rings. The zero-order valence-electron chi connectivity index (χ0n) is 26.6. The predicted octanol–water partition coefficient (Wildman–Crippen LogP) is 11.7. The molecule has 0 spiro atoms. The third-order valence-electron chi connectivity index (χ3n) is 9.81. The molecule has 0 N–H and O–H groups in total. The van der Waals surface area contributed by atoms with E-state index in [2.05, 4.69) is 121 Å². The van der Waals surface area contributed by atoms with Crippen molar-refractivity contribution in [1.29, 1.82) is 0 Å². The average molecular weight is 634 g/mol. The van der Waals surface area contributed by atoms with Gasteiger partial charge in [0.15, 0.2) is 0 Å². The van der Waals surface area contributed by atoms with Crippen molar-refractivity contribution in [1.82, 2.24) is 4.57 Å². The summed E-state index contributed by atoms with van der Waals surface area (Å²) in [7, 11) is 0. The third kappa shape index (κ3) is 5.41. The van der Waals surface area contributed by atoms with Crippen LogP contribution in [0.1, 0.15) is 70.9 Å². The van der Waals surface area contributed by atoms with Crippen LogP contribution in [0.3, 0.4) is 0 Å². The van der Waals surface area contributed by atoms with Crippen LogP contribution in [0.25, 0.3) is 38.5 Å². The van der Waals surface area contributed by atoms with Gasteiger partial charge in [0.25, 0.3) is 0 Å². The van der Waals surface area contributed by atoms with Crippen LogP contribution in [-0.2, 0) is 6.54 Å². The fourth-order valence-electron chi connectivity index (χ4n) is 7.63. The molecule has 4 heteroatoms. The second-order valence-electron chi connectivity index (χ2n) is 13.0. The van der Waals surface area contributed by atoms with E-state index in [1.165, 1.54) is 61.2 Å². The Hall–Kier alpha value is -3.46. The van der Waals surface area contributed by atoms with Gasteiger partial charge < -0.3 is 9.47 Å². The summed E-state index contributed by atoms with van der Waals surface area (Å²) in [5.74, 6) is 0.524. The molecule has 230 valence electrons. The first kappa shape index (κ1) is 30.2. The van der Waals surface area contributed by atoms with E-state index in [0.29, 0.717) is 5.92 Å². The Morgan fingerprint density at radius 3 is 2.38 bits per heavy atom. The minimum Gasteiger partial charge on any atom is -0.360 e. The standard InChI is InChI=1S/C41H42Cl2N2/c1-4-6-23-44-35(32-14-8-11-28-12-9-16-37(44)39(28)32)20-17-29-25-27(3)26-30(41(29)43)18-21-36-33-15-10-13-31-34(42)19-22-38(40(31)33)45(36)24-7-5-2/h8-22,27,36H,4-7,23-26H2,1-3H3. The lowest BCUT2D eigenvalue weighted by Crippen LogP contribution is -2.24. The summed E-state index contributed by atoms with van der Waals surface area (Å²) < 4.78 is 2.51. The van der Waals surface area contributed by atoms with Gasteiger partial charge in [-0.05, 0) is 78.0 Å². The van der Waals surface area contributed by atoms with E-state index in [1.54, 1.807) is 0 Å². The summed E-state index contributed by atoms with van der Waals surface area (Å²) in [6, 6.07) is 24.3. The van der Waals surface area contributed by atoms with Crippen molar-refractivity contribution < 1.29 is 0 Å². The minimum absolute atomic E-state index is 0.169. The minimum atomic E-state index is 0.169. The SMILES string of the molecule is CCCCN1c2ccc(Cl)c3cccc(c23)C1C=CC1=C(Cl)C(=CC=c2c3cccc4cccc(c43)n2CCCC)CC(C)C1. The summed E-state index contributed by atoms with van der Waals surface area (Å²) in [5, 5.41) is 9.44. The second-order valence-corrected chi connectivity index (χ2v) is 13.8. The van der Waals surface area contributed by atoms with Gasteiger partial charge >= 0.3 is 0 Å². The van der Waals surface area contributed by atoms with Crippen LogP contribution in [0.15, 0.2) is 101 Å². The Bertz CT molecular complexity index is 2040. The van der Waals surface area contributed by atoms with E-state index in [1.807, 2.05) is 0 Å². The highest BCUT2D eigenvalue weighted by Crippen LogP contribution is 2.47. The molecule has 0 bridgehead atoms. The molecular weight excluding hydrogens is 591 g/mol. The number of allylic oxidation sites excluding steroid dienone is 5. The number of nitrogens with zero attached hydrogens (tertiary/aromatic N) is 2. The van der Waals surface area contributed by atoms with Crippen molar-refractivity contribution in [3.63, 3.8) is 0 Å². The van der Waals surface area contributed by atoms with Gasteiger partial charge in [0.2, 0.25) is 0 Å². The number of hydrogen-bond acceptors (Lipinski definition) is 1. The van der Waals surface area contributed by atoms with E-state index in [0.717, 1.165) is 60.6 Å². The van der Waals surface area contributed by atoms with Crippen molar-refractivity contribution in [3.05, 3.63) is 117 Å². The molecule has 7 rings (SSSR count). The van der Waals surface area contributed by atoms with Crippen LogP contribution >= 0.6 is 23.2 Å². The second kappa shape index (κ2) is 12.7. The smallest absolute Gasteiger partial charge is 0.0736 e. The summed E-state index contributed by atoms with van der Waals surface area (Å²) in [6.45, 7) is 8.91. The number of anilines is 1. The number of aromatic nitrogens is 1. The fraction of sp³-hybridized carbons (Fsp3) is 0.317. The van der Waals surface area contributed by atoms with Crippen LogP contribution in [0, 0.1) is 5.92 Å². The largest absolute Gasteiger partial charge is 0.360 e. The van der Waals surface area contributed by atoms with E-state index in [4.69, 9.17) is 23.2 Å². The lowest BCUT2D eigenvalue weighted by molar-refractivity contribution is 0.563. The zero-order chi connectivity index (χ0) is 31.1. The number of aryl methyl sites for hydroxylation is 1. The van der Waals surface area contributed by atoms with E-state index < -0.39 is 0 Å². The van der Waals surface area contributed by atoms with Gasteiger partial charge in [-0.25, -0.2) is 0 Å². The zero-order valence-corrected chi connectivity index (χ0v) is 28.1. The fourth-order valence-corrected chi connectivity index (χ4v) is 8.13. The van der Waals surface area contributed by atoms with Crippen LogP contribution < -0.4 is 10.2 Å². The topological polar surface area (TPSA) is 8.17 Å². The normalized spacial score (nSPS) is 20.0. The van der Waals surface area contributed by atoms with Gasteiger partial charge in [-0.1, -0.05) is 124 Å². The molecule has 2 nitrogen and oxygen atoms in total. The maximum atomic E-state index is 7.27. The van der Waals surface area contributed by atoms with Crippen LogP contribution in [0.5, 0.6) is 0 Å². The Labute approximate surface area is 277 Å². The van der Waals surface area contributed by atoms with Gasteiger partial charge in [0, 0.05) is 61.2 Å². The lowest BCUT2D eigenvalue weighted by atomic mass is 9.86. The Morgan fingerprint density at radius 1 is 0.800 bits per heavy atom. The van der Waals surface area contributed by atoms with Gasteiger partial charge in [-0.15, -0.1) is 0 Å². The molecule has 5 aromatic rings. The Balaban J connectivity index is 1.29. The molecule has 1 aliphatic heterocycles. The maximum absolute atomic E-state index is 7.27. The molecule has 1 aromatic heterocycles. The van der Waals surface area contributed by atoms with E-state index >= 15 is 0 Å². The molecule has 2 unspecified atom stereocenters. The molecule has 0 saturated heterocycles. The Kier molecular flexibility index (Phi) is 8.55. The van der Waals surface area contributed by atoms with Crippen molar-refractivity contribution in [3.8, 4) is 0 Å². The first-order chi connectivity index (χ1) is 22.0. The number of hydrogen-bond donors (Lipinski definition) is 0. The molecule has 0 amide bonds. The first-order valence-corrected chi connectivity index (χ1v) is 17.5. The van der Waals surface area contributed by atoms with Gasteiger partial charge in [0.05, 0.1) is 6.04 Å². The summed E-state index contributed by atoms with van der Waals surface area (Å²) >= 11 is 13.9. The van der Waals surface area contributed by atoms with Crippen LogP contribution in [0.4, 0.5) is 5.69 Å². The van der Waals surface area contributed by atoms with Gasteiger partial charge in [-0.2, -0.15) is 0 Å². The quantitative estimate of drug-likeness (QED) is 0.157. The summed E-state index contributed by atoms with van der Waals surface area (Å²) in [5.41, 5.74) is 6.41. The number of unbranched alkanes of at least 4 members (excludes halogenated alkanes) is 2. The highest BCUT2D eigenvalue weighted by molar-refractivity contribution is 6.36. The molecule has 45 heavy (non-hydrogen) atoms. The number of rotatable bonds is 9. The molecular formula is C41H42Cl2N2. The molecule has 2 heterocycles. The molecule has 0 saturated carbocycles. The average Bonchev–Trinajstić information content (AvgIpc) is 3.53. The van der Waals surface area contributed by atoms with Crippen molar-refractivity contribution >= 4 is 67.4 Å². The lowest BCUT2D eigenvalue weighted by Gasteiger charge is -2.27. The van der Waals surface area contributed by atoms with E-state index in [-0.39, 0.29) is 6.04 Å². The van der Waals surface area contributed by atoms with E-state index in [9.17, 15) is 0 Å². The van der Waals surface area contributed by atoms with Crippen LogP contribution in [-0.4, -0.2) is 11.1 Å². The monoisotopic (exact) mass is 632 g/mol. The number of benzene rings is 4. The van der Waals surface area contributed by atoms with Crippen molar-refractivity contribution in [2.75, 3.05) is 11.4 Å². The molecule has 0 radical (unpaired) electrons. The highest BCUT2D eigenvalue weighted by Gasteiger charge is 2.30. The van der Waals surface area contributed by atoms with Crippen LogP contribution in [0.2, 0.25) is 5.02 Å². The maximum Gasteiger partial charge on any atom is 0.0736 e. The first-order valence-electron chi connectivity index (χ1n) is 16.8. The Morgan fingerprint density at radius 2 is 1.56 bits per heavy atom. The van der Waals surface area contributed by atoms with Gasteiger partial charge in [-0.3, -0.25) is 0 Å². The predicted molar refractivity (Wildman–Crippen MR) is 196 cm³/mol. The highest BCUT2D eigenvalue weighted by atomic mass is 35.5. The third-order valence-corrected chi connectivity index (χ3v) is 10.6. The van der Waals surface area contributed by atoms with Crippen molar-refractivity contribution in [2.45, 2.75) is 71.9 Å². The molecule has 1 aliphatic carbocycles. The molecule has 4 aromatic carbocycles. The summed E-state index contributed by atoms with van der Waals surface area (Å²) in [4.78, 5) is 2.55. The molecule has 2 atom stereocenters. The van der Waals surface area contributed by atoms with Gasteiger partial charge in [0.1, 0.15) is 0 Å².